The van der Waals surface area contributed by atoms with Crippen molar-refractivity contribution in [3.05, 3.63) is 44.3 Å². The van der Waals surface area contributed by atoms with Gasteiger partial charge >= 0.3 is 0 Å². The Bertz CT molecular complexity index is 445. The minimum Gasteiger partial charge on any atom is -0.310 e. The molecule has 1 atom stereocenters. The Morgan fingerprint density at radius 2 is 2.06 bits per heavy atom. The van der Waals surface area contributed by atoms with E-state index >= 15 is 0 Å². The van der Waals surface area contributed by atoms with E-state index in [1.165, 1.54) is 27.5 Å². The summed E-state index contributed by atoms with van der Waals surface area (Å²) < 4.78 is 0. The largest absolute Gasteiger partial charge is 0.310 e. The Morgan fingerprint density at radius 3 is 2.67 bits per heavy atom. The zero-order valence-electron chi connectivity index (χ0n) is 11.1. The summed E-state index contributed by atoms with van der Waals surface area (Å²) in [4.78, 5) is 4.47. The highest BCUT2D eigenvalue weighted by Gasteiger charge is 2.12. The van der Waals surface area contributed by atoms with Gasteiger partial charge in [-0.05, 0) is 49.4 Å². The first-order chi connectivity index (χ1) is 8.83. The molecule has 18 heavy (non-hydrogen) atoms. The first-order valence-corrected chi connectivity index (χ1v) is 8.37. The van der Waals surface area contributed by atoms with Crippen LogP contribution in [0.1, 0.15) is 40.9 Å². The zero-order valence-corrected chi connectivity index (χ0v) is 12.7. The number of hydrogen-bond acceptors (Lipinski definition) is 3. The Hall–Kier alpha value is -0.640. The third-order valence-corrected chi connectivity index (χ3v) is 5.36. The zero-order chi connectivity index (χ0) is 12.8. The van der Waals surface area contributed by atoms with Gasteiger partial charge in [0.05, 0.1) is 0 Å². The van der Waals surface area contributed by atoms with Gasteiger partial charge < -0.3 is 5.32 Å². The van der Waals surface area contributed by atoms with Crippen molar-refractivity contribution in [1.82, 2.24) is 5.32 Å². The molecular weight excluding hydrogens is 258 g/mol. The van der Waals surface area contributed by atoms with Crippen molar-refractivity contribution in [2.45, 2.75) is 39.2 Å². The third kappa shape index (κ3) is 3.67. The van der Waals surface area contributed by atoms with Gasteiger partial charge in [0, 0.05) is 20.7 Å². The molecule has 0 radical (unpaired) electrons. The van der Waals surface area contributed by atoms with E-state index < -0.39 is 0 Å². The van der Waals surface area contributed by atoms with Crippen molar-refractivity contribution in [1.29, 1.82) is 0 Å². The van der Waals surface area contributed by atoms with E-state index in [0.29, 0.717) is 6.04 Å². The molecule has 0 saturated heterocycles. The van der Waals surface area contributed by atoms with Gasteiger partial charge in [0.15, 0.2) is 0 Å². The summed E-state index contributed by atoms with van der Waals surface area (Å²) in [6.07, 6.45) is 3.52. The molecule has 3 heteroatoms. The van der Waals surface area contributed by atoms with E-state index in [4.69, 9.17) is 0 Å². The monoisotopic (exact) mass is 279 g/mol. The Morgan fingerprint density at radius 1 is 1.17 bits per heavy atom. The lowest BCUT2D eigenvalue weighted by atomic mass is 10.1. The number of thiophene rings is 2. The summed E-state index contributed by atoms with van der Waals surface area (Å²) in [6, 6.07) is 9.46. The standard InChI is InChI=1S/C15H21NS2/c1-3-12-8-10-15(18-12)14(16-4-2)9-7-13-6-5-11-17-13/h5-6,8,10-11,14,16H,3-4,7,9H2,1-2H3. The quantitative estimate of drug-likeness (QED) is 0.777. The number of aryl methyl sites for hydroxylation is 2. The topological polar surface area (TPSA) is 12.0 Å². The summed E-state index contributed by atoms with van der Waals surface area (Å²) in [5, 5.41) is 5.78. The Labute approximate surface area is 118 Å². The molecule has 0 spiro atoms. The molecule has 0 bridgehead atoms. The van der Waals surface area contributed by atoms with Gasteiger partial charge in [-0.15, -0.1) is 22.7 Å². The van der Waals surface area contributed by atoms with Crippen LogP contribution in [-0.4, -0.2) is 6.54 Å². The fourth-order valence-corrected chi connectivity index (χ4v) is 3.89. The van der Waals surface area contributed by atoms with Crippen molar-refractivity contribution in [3.8, 4) is 0 Å². The van der Waals surface area contributed by atoms with Gasteiger partial charge in [0.1, 0.15) is 0 Å². The van der Waals surface area contributed by atoms with E-state index in [-0.39, 0.29) is 0 Å². The average Bonchev–Trinajstić information content (AvgIpc) is 3.05. The summed E-state index contributed by atoms with van der Waals surface area (Å²) in [7, 11) is 0. The first kappa shape index (κ1) is 13.8. The van der Waals surface area contributed by atoms with Crippen LogP contribution >= 0.6 is 22.7 Å². The molecule has 2 heterocycles. The fourth-order valence-electron chi connectivity index (χ4n) is 2.10. The highest BCUT2D eigenvalue weighted by atomic mass is 32.1. The van der Waals surface area contributed by atoms with E-state index in [2.05, 4.69) is 48.8 Å². The molecule has 0 fully saturated rings. The minimum atomic E-state index is 0.516. The second-order valence-electron chi connectivity index (χ2n) is 4.39. The Kier molecular flexibility index (Phi) is 5.42. The molecule has 0 amide bonds. The minimum absolute atomic E-state index is 0.516. The maximum Gasteiger partial charge on any atom is 0.0418 e. The maximum absolute atomic E-state index is 3.61. The van der Waals surface area contributed by atoms with Crippen LogP contribution < -0.4 is 5.32 Å². The molecular formula is C15H21NS2. The normalized spacial score (nSPS) is 12.8. The van der Waals surface area contributed by atoms with Gasteiger partial charge in [-0.3, -0.25) is 0 Å². The molecule has 1 unspecified atom stereocenters. The van der Waals surface area contributed by atoms with Crippen LogP contribution in [0, 0.1) is 0 Å². The summed E-state index contributed by atoms with van der Waals surface area (Å²) in [5.74, 6) is 0. The van der Waals surface area contributed by atoms with Gasteiger partial charge in [-0.1, -0.05) is 19.9 Å². The van der Waals surface area contributed by atoms with Crippen LogP contribution in [0.3, 0.4) is 0 Å². The predicted molar refractivity (Wildman–Crippen MR) is 82.8 cm³/mol. The molecule has 0 aliphatic heterocycles. The highest BCUT2D eigenvalue weighted by Crippen LogP contribution is 2.27. The van der Waals surface area contributed by atoms with Gasteiger partial charge in [-0.2, -0.15) is 0 Å². The van der Waals surface area contributed by atoms with Crippen molar-refractivity contribution in [2.75, 3.05) is 6.54 Å². The summed E-state index contributed by atoms with van der Waals surface area (Å²) in [5.41, 5.74) is 0. The summed E-state index contributed by atoms with van der Waals surface area (Å²) in [6.45, 7) is 5.45. The molecule has 0 saturated carbocycles. The van der Waals surface area contributed by atoms with Gasteiger partial charge in [0.2, 0.25) is 0 Å². The van der Waals surface area contributed by atoms with Crippen LogP contribution in [0.5, 0.6) is 0 Å². The lowest BCUT2D eigenvalue weighted by Crippen LogP contribution is -2.20. The van der Waals surface area contributed by atoms with E-state index in [1.54, 1.807) is 0 Å². The molecule has 2 aromatic rings. The molecule has 0 aromatic carbocycles. The molecule has 0 aliphatic rings. The van der Waals surface area contributed by atoms with Crippen LogP contribution in [-0.2, 0) is 12.8 Å². The van der Waals surface area contributed by atoms with Crippen LogP contribution in [0.4, 0.5) is 0 Å². The lowest BCUT2D eigenvalue weighted by molar-refractivity contribution is 0.524. The molecule has 0 aliphatic carbocycles. The van der Waals surface area contributed by atoms with Gasteiger partial charge in [0.25, 0.3) is 0 Å². The van der Waals surface area contributed by atoms with Gasteiger partial charge in [-0.25, -0.2) is 0 Å². The van der Waals surface area contributed by atoms with Crippen LogP contribution in [0.25, 0.3) is 0 Å². The molecule has 2 rings (SSSR count). The van der Waals surface area contributed by atoms with E-state index in [9.17, 15) is 0 Å². The van der Waals surface area contributed by atoms with Crippen LogP contribution in [0.15, 0.2) is 29.6 Å². The fraction of sp³-hybridized carbons (Fsp3) is 0.467. The number of nitrogens with one attached hydrogen (secondary N) is 1. The van der Waals surface area contributed by atoms with Crippen molar-refractivity contribution in [2.24, 2.45) is 0 Å². The molecule has 98 valence electrons. The smallest absolute Gasteiger partial charge is 0.0418 e. The highest BCUT2D eigenvalue weighted by molar-refractivity contribution is 7.12. The van der Waals surface area contributed by atoms with Crippen molar-refractivity contribution < 1.29 is 0 Å². The Balaban J connectivity index is 1.98. The first-order valence-electron chi connectivity index (χ1n) is 6.67. The average molecular weight is 279 g/mol. The van der Waals surface area contributed by atoms with E-state index in [1.807, 2.05) is 22.7 Å². The van der Waals surface area contributed by atoms with Crippen LogP contribution in [0.2, 0.25) is 0 Å². The molecule has 2 aromatic heterocycles. The number of rotatable bonds is 7. The van der Waals surface area contributed by atoms with Crippen molar-refractivity contribution in [3.63, 3.8) is 0 Å². The SMILES string of the molecule is CCNC(CCc1cccs1)c1ccc(CC)s1. The molecule has 1 N–H and O–H groups in total. The van der Waals surface area contributed by atoms with Crippen molar-refractivity contribution >= 4 is 22.7 Å². The third-order valence-electron chi connectivity index (χ3n) is 3.08. The number of hydrogen-bond donors (Lipinski definition) is 1. The summed E-state index contributed by atoms with van der Waals surface area (Å²) >= 11 is 3.82. The molecule has 1 nitrogen and oxygen atoms in total. The lowest BCUT2D eigenvalue weighted by Gasteiger charge is -2.15. The van der Waals surface area contributed by atoms with E-state index in [0.717, 1.165) is 13.0 Å². The maximum atomic E-state index is 3.61. The second kappa shape index (κ2) is 7.07. The predicted octanol–water partition coefficient (Wildman–Crippen LogP) is 4.66. The second-order valence-corrected chi connectivity index (χ2v) is 6.62.